The zero-order valence-electron chi connectivity index (χ0n) is 11.6. The standard InChI is InChI=1S/C15H18N4O.ClH/c1-2-6-13-11(4-1)8-14(17-13)15-10-19(18-20-15)12-5-3-7-16-9-12;/h1-2,4,6,8,10,12,16-18H,3,5,7,9H2;1H. The summed E-state index contributed by atoms with van der Waals surface area (Å²) in [7, 11) is 0. The third-order valence-electron chi connectivity index (χ3n) is 3.98. The van der Waals surface area contributed by atoms with Crippen LogP contribution in [0.1, 0.15) is 18.5 Å². The van der Waals surface area contributed by atoms with Gasteiger partial charge >= 0.3 is 0 Å². The number of benzene rings is 1. The molecule has 21 heavy (non-hydrogen) atoms. The lowest BCUT2D eigenvalue weighted by Crippen LogP contribution is -2.47. The van der Waals surface area contributed by atoms with E-state index in [2.05, 4.69) is 39.1 Å². The fraction of sp³-hybridized carbons (Fsp3) is 0.333. The molecule has 0 bridgehead atoms. The van der Waals surface area contributed by atoms with Crippen molar-refractivity contribution >= 4 is 29.1 Å². The summed E-state index contributed by atoms with van der Waals surface area (Å²) in [5, 5.41) is 6.67. The third-order valence-corrected chi connectivity index (χ3v) is 3.98. The zero-order valence-corrected chi connectivity index (χ0v) is 12.5. The summed E-state index contributed by atoms with van der Waals surface area (Å²) in [5.41, 5.74) is 5.13. The summed E-state index contributed by atoms with van der Waals surface area (Å²) in [6, 6.07) is 10.8. The number of aromatic nitrogens is 1. The maximum Gasteiger partial charge on any atom is 0.190 e. The Hall–Kier alpha value is -1.69. The Bertz CT molecular complexity index is 615. The van der Waals surface area contributed by atoms with Crippen LogP contribution in [0.4, 0.5) is 0 Å². The Morgan fingerprint density at radius 3 is 2.95 bits per heavy atom. The quantitative estimate of drug-likeness (QED) is 0.797. The van der Waals surface area contributed by atoms with E-state index in [9.17, 15) is 0 Å². The first-order valence-corrected chi connectivity index (χ1v) is 7.12. The predicted molar refractivity (Wildman–Crippen MR) is 85.5 cm³/mol. The Balaban J connectivity index is 0.00000132. The highest BCUT2D eigenvalue weighted by Crippen LogP contribution is 2.25. The van der Waals surface area contributed by atoms with Crippen molar-refractivity contribution in [3.8, 4) is 0 Å². The van der Waals surface area contributed by atoms with Crippen molar-refractivity contribution in [2.45, 2.75) is 18.9 Å². The van der Waals surface area contributed by atoms with Crippen molar-refractivity contribution in [3.05, 3.63) is 42.2 Å². The molecule has 2 aromatic rings. The van der Waals surface area contributed by atoms with Gasteiger partial charge in [-0.25, -0.2) is 0 Å². The molecule has 112 valence electrons. The number of nitrogens with zero attached hydrogens (tertiary/aromatic N) is 1. The predicted octanol–water partition coefficient (Wildman–Crippen LogP) is 2.39. The molecule has 4 rings (SSSR count). The van der Waals surface area contributed by atoms with E-state index in [-0.39, 0.29) is 12.4 Å². The number of fused-ring (bicyclic) bond motifs is 1. The lowest BCUT2D eigenvalue weighted by Gasteiger charge is -2.29. The number of para-hydroxylation sites is 1. The lowest BCUT2D eigenvalue weighted by atomic mass is 10.1. The smallest absolute Gasteiger partial charge is 0.190 e. The molecule has 3 N–H and O–H groups in total. The van der Waals surface area contributed by atoms with Crippen LogP contribution in [0.25, 0.3) is 16.7 Å². The summed E-state index contributed by atoms with van der Waals surface area (Å²) in [6.07, 6.45) is 4.43. The number of piperidine rings is 1. The van der Waals surface area contributed by atoms with E-state index in [4.69, 9.17) is 4.84 Å². The van der Waals surface area contributed by atoms with Crippen LogP contribution in [-0.2, 0) is 4.84 Å². The van der Waals surface area contributed by atoms with Crippen LogP contribution in [-0.4, -0.2) is 29.1 Å². The first-order valence-electron chi connectivity index (χ1n) is 7.12. The molecule has 3 heterocycles. The summed E-state index contributed by atoms with van der Waals surface area (Å²) >= 11 is 0. The summed E-state index contributed by atoms with van der Waals surface area (Å²) < 4.78 is 0. The molecule has 1 fully saturated rings. The number of rotatable bonds is 2. The average molecular weight is 307 g/mol. The fourth-order valence-corrected chi connectivity index (χ4v) is 2.86. The van der Waals surface area contributed by atoms with Crippen molar-refractivity contribution in [1.82, 2.24) is 20.9 Å². The molecule has 0 radical (unpaired) electrons. The van der Waals surface area contributed by atoms with Crippen LogP contribution < -0.4 is 10.9 Å². The Kier molecular flexibility index (Phi) is 4.05. The molecule has 5 nitrogen and oxygen atoms in total. The molecule has 1 atom stereocenters. The van der Waals surface area contributed by atoms with E-state index >= 15 is 0 Å². The molecule has 2 aliphatic heterocycles. The number of hydrogen-bond acceptors (Lipinski definition) is 4. The van der Waals surface area contributed by atoms with Gasteiger partial charge in [-0.05, 0) is 31.5 Å². The van der Waals surface area contributed by atoms with Crippen LogP contribution in [0.5, 0.6) is 0 Å². The van der Waals surface area contributed by atoms with E-state index in [1.807, 2.05) is 18.3 Å². The van der Waals surface area contributed by atoms with Crippen molar-refractivity contribution in [2.24, 2.45) is 0 Å². The molecule has 0 aliphatic carbocycles. The monoisotopic (exact) mass is 306 g/mol. The lowest BCUT2D eigenvalue weighted by molar-refractivity contribution is 0.0130. The second-order valence-electron chi connectivity index (χ2n) is 5.36. The molecular formula is C15H19ClN4O. The fourth-order valence-electron chi connectivity index (χ4n) is 2.86. The third kappa shape index (κ3) is 2.72. The van der Waals surface area contributed by atoms with Crippen molar-refractivity contribution in [3.63, 3.8) is 0 Å². The summed E-state index contributed by atoms with van der Waals surface area (Å²) in [5.74, 6) is 0.840. The maximum atomic E-state index is 5.61. The molecule has 6 heteroatoms. The molecule has 0 spiro atoms. The second kappa shape index (κ2) is 5.97. The highest BCUT2D eigenvalue weighted by Gasteiger charge is 2.25. The molecule has 1 saturated heterocycles. The van der Waals surface area contributed by atoms with Gasteiger partial charge in [-0.1, -0.05) is 23.8 Å². The molecule has 2 aliphatic rings. The van der Waals surface area contributed by atoms with Gasteiger partial charge in [-0.2, -0.15) is 0 Å². The normalized spacial score (nSPS) is 21.8. The van der Waals surface area contributed by atoms with Crippen LogP contribution in [0.3, 0.4) is 0 Å². The van der Waals surface area contributed by atoms with Gasteiger partial charge in [0.15, 0.2) is 5.76 Å². The number of hydrazine groups is 1. The minimum Gasteiger partial charge on any atom is -0.385 e. The Morgan fingerprint density at radius 2 is 2.14 bits per heavy atom. The highest BCUT2D eigenvalue weighted by atomic mass is 35.5. The topological polar surface area (TPSA) is 52.3 Å². The van der Waals surface area contributed by atoms with Crippen LogP contribution in [0.15, 0.2) is 36.5 Å². The largest absolute Gasteiger partial charge is 0.385 e. The molecule has 1 aromatic carbocycles. The molecule has 1 aromatic heterocycles. The average Bonchev–Trinajstić information content (AvgIpc) is 3.14. The number of halogens is 1. The Labute approximate surface area is 129 Å². The van der Waals surface area contributed by atoms with Crippen LogP contribution >= 0.6 is 12.4 Å². The SMILES string of the molecule is C1=C(c2cc3ccccc3[nH]2)ONN1C1CCCNC1.Cl. The minimum atomic E-state index is 0. The van der Waals surface area contributed by atoms with Gasteiger partial charge in [0.1, 0.15) is 0 Å². The van der Waals surface area contributed by atoms with Gasteiger partial charge in [0.2, 0.25) is 0 Å². The molecule has 0 saturated carbocycles. The van der Waals surface area contributed by atoms with E-state index in [0.717, 1.165) is 30.1 Å². The van der Waals surface area contributed by atoms with E-state index in [1.165, 1.54) is 18.2 Å². The van der Waals surface area contributed by atoms with Gasteiger partial charge in [0, 0.05) is 17.4 Å². The number of nitrogens with one attached hydrogen (secondary N) is 3. The second-order valence-corrected chi connectivity index (χ2v) is 5.36. The first-order chi connectivity index (χ1) is 9.90. The van der Waals surface area contributed by atoms with Crippen molar-refractivity contribution in [2.75, 3.05) is 13.1 Å². The van der Waals surface area contributed by atoms with Crippen molar-refractivity contribution in [1.29, 1.82) is 0 Å². The molecule has 0 amide bonds. The summed E-state index contributed by atoms with van der Waals surface area (Å²) in [4.78, 5) is 9.00. The molecule has 1 unspecified atom stereocenters. The van der Waals surface area contributed by atoms with E-state index < -0.39 is 0 Å². The van der Waals surface area contributed by atoms with E-state index in [0.29, 0.717) is 6.04 Å². The van der Waals surface area contributed by atoms with E-state index in [1.54, 1.807) is 0 Å². The number of aromatic amines is 1. The van der Waals surface area contributed by atoms with Gasteiger partial charge in [0.25, 0.3) is 0 Å². The minimum absolute atomic E-state index is 0. The molecular weight excluding hydrogens is 288 g/mol. The summed E-state index contributed by atoms with van der Waals surface area (Å²) in [6.45, 7) is 2.11. The van der Waals surface area contributed by atoms with Gasteiger partial charge in [-0.15, -0.1) is 12.4 Å². The number of hydrogen-bond donors (Lipinski definition) is 3. The van der Waals surface area contributed by atoms with Gasteiger partial charge < -0.3 is 15.1 Å². The highest BCUT2D eigenvalue weighted by molar-refractivity contribution is 5.85. The first kappa shape index (κ1) is 14.3. The van der Waals surface area contributed by atoms with Crippen LogP contribution in [0.2, 0.25) is 0 Å². The van der Waals surface area contributed by atoms with Gasteiger partial charge in [0.05, 0.1) is 17.9 Å². The van der Waals surface area contributed by atoms with Gasteiger partial charge in [-0.3, -0.25) is 5.01 Å². The Morgan fingerprint density at radius 1 is 1.24 bits per heavy atom. The maximum absolute atomic E-state index is 5.61. The van der Waals surface area contributed by atoms with Crippen LogP contribution in [0, 0.1) is 0 Å². The zero-order chi connectivity index (χ0) is 13.4. The number of H-pyrrole nitrogens is 1. The van der Waals surface area contributed by atoms with Crippen molar-refractivity contribution < 1.29 is 4.84 Å².